The Morgan fingerprint density at radius 2 is 1.86 bits per heavy atom. The van der Waals surface area contributed by atoms with Crippen molar-refractivity contribution >= 4 is 0 Å². The third kappa shape index (κ3) is 6.99. The van der Waals surface area contributed by atoms with E-state index in [4.69, 9.17) is 4.74 Å². The Kier molecular flexibility index (Phi) is 7.24. The number of ether oxygens (including phenoxy) is 1. The van der Waals surface area contributed by atoms with Crippen LogP contribution in [0.15, 0.2) is 24.3 Å². The van der Waals surface area contributed by atoms with Gasteiger partial charge in [-0.15, -0.1) is 0 Å². The van der Waals surface area contributed by atoms with Crippen LogP contribution in [0.4, 0.5) is 0 Å². The van der Waals surface area contributed by atoms with Gasteiger partial charge in [0.2, 0.25) is 0 Å². The summed E-state index contributed by atoms with van der Waals surface area (Å²) in [6.45, 7) is 12.4. The number of hydrogen-bond acceptors (Lipinski definition) is 2. The molecule has 1 aromatic carbocycles. The minimum absolute atomic E-state index is 0.175. The van der Waals surface area contributed by atoms with Gasteiger partial charge in [0.05, 0.1) is 7.11 Å². The van der Waals surface area contributed by atoms with Gasteiger partial charge in [-0.3, -0.25) is 0 Å². The summed E-state index contributed by atoms with van der Waals surface area (Å²) in [6, 6.07) is 8.40. The van der Waals surface area contributed by atoms with Crippen LogP contribution in [0.2, 0.25) is 0 Å². The average Bonchev–Trinajstić information content (AvgIpc) is 2.44. The summed E-state index contributed by atoms with van der Waals surface area (Å²) < 4.78 is 5.50. The van der Waals surface area contributed by atoms with Gasteiger partial charge < -0.3 is 10.1 Å². The number of nitrogens with one attached hydrogen (secondary N) is 1. The Balaban J connectivity index is 2.75. The fourth-order valence-corrected chi connectivity index (χ4v) is 2.61. The second kappa shape index (κ2) is 8.43. The minimum atomic E-state index is 0.175. The molecule has 1 aromatic rings. The molecule has 0 aliphatic rings. The van der Waals surface area contributed by atoms with Gasteiger partial charge in [-0.2, -0.15) is 0 Å². The molecule has 0 radical (unpaired) electrons. The molecule has 2 heteroatoms. The highest BCUT2D eigenvalue weighted by Gasteiger charge is 2.18. The number of hydrogen-bond donors (Lipinski definition) is 1. The van der Waals surface area contributed by atoms with E-state index in [1.807, 2.05) is 6.07 Å². The van der Waals surface area contributed by atoms with Gasteiger partial charge in [0.25, 0.3) is 0 Å². The molecule has 0 aliphatic carbocycles. The van der Waals surface area contributed by atoms with Gasteiger partial charge in [-0.05, 0) is 63.6 Å². The van der Waals surface area contributed by atoms with Crippen molar-refractivity contribution in [1.82, 2.24) is 5.32 Å². The van der Waals surface area contributed by atoms with E-state index in [-0.39, 0.29) is 5.54 Å². The van der Waals surface area contributed by atoms with Crippen LogP contribution >= 0.6 is 0 Å². The zero-order valence-corrected chi connectivity index (χ0v) is 14.7. The quantitative estimate of drug-likeness (QED) is 0.751. The average molecular weight is 291 g/mol. The molecule has 120 valence electrons. The first kappa shape index (κ1) is 18.0. The highest BCUT2D eigenvalue weighted by atomic mass is 16.5. The lowest BCUT2D eigenvalue weighted by atomic mass is 9.88. The SMILES string of the molecule is CCC(C)CC(CNC(C)(C)C)Cc1ccccc1OC. The van der Waals surface area contributed by atoms with E-state index in [1.165, 1.54) is 18.4 Å². The van der Waals surface area contributed by atoms with Crippen molar-refractivity contribution in [2.45, 2.75) is 59.4 Å². The monoisotopic (exact) mass is 291 g/mol. The van der Waals surface area contributed by atoms with Crippen LogP contribution < -0.4 is 10.1 Å². The third-order valence-corrected chi connectivity index (χ3v) is 4.05. The molecule has 0 fully saturated rings. The van der Waals surface area contributed by atoms with Crippen molar-refractivity contribution < 1.29 is 4.74 Å². The fourth-order valence-electron chi connectivity index (χ4n) is 2.61. The maximum atomic E-state index is 5.50. The first-order valence-corrected chi connectivity index (χ1v) is 8.22. The lowest BCUT2D eigenvalue weighted by molar-refractivity contribution is 0.317. The Morgan fingerprint density at radius 3 is 2.43 bits per heavy atom. The van der Waals surface area contributed by atoms with Gasteiger partial charge in [-0.25, -0.2) is 0 Å². The number of benzene rings is 1. The molecule has 1 N–H and O–H groups in total. The zero-order valence-electron chi connectivity index (χ0n) is 14.7. The molecular weight excluding hydrogens is 258 g/mol. The lowest BCUT2D eigenvalue weighted by Gasteiger charge is -2.27. The Bertz CT molecular complexity index is 408. The smallest absolute Gasteiger partial charge is 0.122 e. The van der Waals surface area contributed by atoms with E-state index in [0.29, 0.717) is 5.92 Å². The van der Waals surface area contributed by atoms with Crippen molar-refractivity contribution in [3.8, 4) is 5.75 Å². The maximum Gasteiger partial charge on any atom is 0.122 e. The summed E-state index contributed by atoms with van der Waals surface area (Å²) in [5.74, 6) is 2.43. The van der Waals surface area contributed by atoms with Gasteiger partial charge in [0, 0.05) is 5.54 Å². The molecule has 2 nitrogen and oxygen atoms in total. The van der Waals surface area contributed by atoms with E-state index in [0.717, 1.165) is 24.6 Å². The Hall–Kier alpha value is -1.02. The van der Waals surface area contributed by atoms with Crippen molar-refractivity contribution in [2.24, 2.45) is 11.8 Å². The summed E-state index contributed by atoms with van der Waals surface area (Å²) in [4.78, 5) is 0. The first-order valence-electron chi connectivity index (χ1n) is 8.22. The molecule has 0 saturated carbocycles. The molecule has 0 aliphatic heterocycles. The highest BCUT2D eigenvalue weighted by Crippen LogP contribution is 2.25. The second-order valence-electron chi connectivity index (χ2n) is 7.26. The van der Waals surface area contributed by atoms with E-state index in [9.17, 15) is 0 Å². The Morgan fingerprint density at radius 1 is 1.19 bits per heavy atom. The molecule has 0 bridgehead atoms. The van der Waals surface area contributed by atoms with Crippen LogP contribution in [0.3, 0.4) is 0 Å². The standard InChI is InChI=1S/C19H33NO/c1-7-15(2)12-16(14-20-19(3,4)5)13-17-10-8-9-11-18(17)21-6/h8-11,15-16,20H,7,12-14H2,1-6H3. The van der Waals surface area contributed by atoms with E-state index in [1.54, 1.807) is 7.11 Å². The van der Waals surface area contributed by atoms with Gasteiger partial charge in [0.1, 0.15) is 5.75 Å². The molecule has 21 heavy (non-hydrogen) atoms. The van der Waals surface area contributed by atoms with Crippen molar-refractivity contribution in [3.63, 3.8) is 0 Å². The summed E-state index contributed by atoms with van der Waals surface area (Å²) >= 11 is 0. The summed E-state index contributed by atoms with van der Waals surface area (Å²) in [5.41, 5.74) is 1.50. The van der Waals surface area contributed by atoms with E-state index in [2.05, 4.69) is 58.1 Å². The maximum absolute atomic E-state index is 5.50. The predicted octanol–water partition coefficient (Wildman–Crippen LogP) is 4.68. The predicted molar refractivity (Wildman–Crippen MR) is 92.0 cm³/mol. The molecule has 0 spiro atoms. The number of para-hydroxylation sites is 1. The van der Waals surface area contributed by atoms with Crippen LogP contribution in [-0.2, 0) is 6.42 Å². The molecule has 0 aromatic heterocycles. The van der Waals surface area contributed by atoms with Crippen LogP contribution in [0.1, 0.15) is 53.0 Å². The normalized spacial score (nSPS) is 14.8. The van der Waals surface area contributed by atoms with Crippen molar-refractivity contribution in [3.05, 3.63) is 29.8 Å². The van der Waals surface area contributed by atoms with E-state index >= 15 is 0 Å². The highest BCUT2D eigenvalue weighted by molar-refractivity contribution is 5.33. The minimum Gasteiger partial charge on any atom is -0.496 e. The third-order valence-electron chi connectivity index (χ3n) is 4.05. The molecule has 2 unspecified atom stereocenters. The molecule has 0 saturated heterocycles. The molecule has 0 amide bonds. The Labute approximate surface area is 131 Å². The fraction of sp³-hybridized carbons (Fsp3) is 0.684. The topological polar surface area (TPSA) is 21.3 Å². The van der Waals surface area contributed by atoms with Gasteiger partial charge in [0.15, 0.2) is 0 Å². The number of rotatable bonds is 8. The zero-order chi connectivity index (χ0) is 15.9. The van der Waals surface area contributed by atoms with E-state index < -0.39 is 0 Å². The largest absolute Gasteiger partial charge is 0.496 e. The molecular formula is C19H33NO. The molecule has 2 atom stereocenters. The second-order valence-corrected chi connectivity index (χ2v) is 7.26. The molecule has 1 rings (SSSR count). The van der Waals surface area contributed by atoms with Gasteiger partial charge >= 0.3 is 0 Å². The molecule has 0 heterocycles. The van der Waals surface area contributed by atoms with Crippen LogP contribution in [0.5, 0.6) is 5.75 Å². The van der Waals surface area contributed by atoms with Crippen molar-refractivity contribution in [2.75, 3.05) is 13.7 Å². The first-order chi connectivity index (χ1) is 9.85. The summed E-state index contributed by atoms with van der Waals surface area (Å²) in [7, 11) is 1.76. The summed E-state index contributed by atoms with van der Waals surface area (Å²) in [5, 5.41) is 3.67. The van der Waals surface area contributed by atoms with Crippen LogP contribution in [-0.4, -0.2) is 19.2 Å². The van der Waals surface area contributed by atoms with Crippen molar-refractivity contribution in [1.29, 1.82) is 0 Å². The summed E-state index contributed by atoms with van der Waals surface area (Å²) in [6.07, 6.45) is 3.59. The lowest BCUT2D eigenvalue weighted by Crippen LogP contribution is -2.40. The number of methoxy groups -OCH3 is 1. The van der Waals surface area contributed by atoms with Gasteiger partial charge in [-0.1, -0.05) is 38.5 Å². The van der Waals surface area contributed by atoms with Crippen LogP contribution in [0, 0.1) is 11.8 Å². The van der Waals surface area contributed by atoms with Crippen LogP contribution in [0.25, 0.3) is 0 Å².